The Balaban J connectivity index is 1.46. The lowest BCUT2D eigenvalue weighted by molar-refractivity contribution is -0.118. The van der Waals surface area contributed by atoms with Crippen LogP contribution in [0.15, 0.2) is 71.1 Å². The molecule has 1 N–H and O–H groups in total. The number of nitrogens with one attached hydrogen (secondary N) is 1. The highest BCUT2D eigenvalue weighted by atomic mass is 35.5. The van der Waals surface area contributed by atoms with E-state index < -0.39 is 0 Å². The second-order valence-corrected chi connectivity index (χ2v) is 6.75. The molecule has 1 amide bonds. The van der Waals surface area contributed by atoms with Crippen LogP contribution in [0.4, 0.5) is 5.69 Å². The van der Waals surface area contributed by atoms with Crippen LogP contribution in [-0.2, 0) is 4.79 Å². The molecule has 0 saturated carbocycles. The summed E-state index contributed by atoms with van der Waals surface area (Å²) in [6, 6.07) is 20.1. The number of para-hydroxylation sites is 1. The van der Waals surface area contributed by atoms with Gasteiger partial charge in [0.25, 0.3) is 5.91 Å². The van der Waals surface area contributed by atoms with Gasteiger partial charge in [-0.1, -0.05) is 29.8 Å². The molecule has 1 heterocycles. The van der Waals surface area contributed by atoms with Crippen LogP contribution in [0.2, 0.25) is 5.02 Å². The number of halogens is 1. The van der Waals surface area contributed by atoms with Crippen LogP contribution < -0.4 is 10.1 Å². The molecule has 0 unspecified atom stereocenters. The Labute approximate surface area is 166 Å². The van der Waals surface area contributed by atoms with Gasteiger partial charge in [0.05, 0.1) is 0 Å². The van der Waals surface area contributed by atoms with Gasteiger partial charge >= 0.3 is 0 Å². The summed E-state index contributed by atoms with van der Waals surface area (Å²) in [6.45, 7) is 1.86. The number of benzene rings is 3. The van der Waals surface area contributed by atoms with Gasteiger partial charge in [0, 0.05) is 16.3 Å². The minimum atomic E-state index is -0.246. The maximum atomic E-state index is 12.2. The van der Waals surface area contributed by atoms with Crippen LogP contribution in [0.5, 0.6) is 5.75 Å². The first-order valence-electron chi connectivity index (χ1n) is 8.73. The van der Waals surface area contributed by atoms with E-state index in [4.69, 9.17) is 20.8 Å². The van der Waals surface area contributed by atoms with E-state index in [2.05, 4.69) is 10.3 Å². The summed E-state index contributed by atoms with van der Waals surface area (Å²) in [7, 11) is 0. The van der Waals surface area contributed by atoms with Crippen molar-refractivity contribution in [3.63, 3.8) is 0 Å². The number of anilines is 1. The third kappa shape index (κ3) is 4.00. The molecule has 0 aliphatic heterocycles. The molecule has 0 aliphatic carbocycles. The summed E-state index contributed by atoms with van der Waals surface area (Å²) in [5.41, 5.74) is 3.73. The van der Waals surface area contributed by atoms with Crippen molar-refractivity contribution in [1.29, 1.82) is 0 Å². The van der Waals surface area contributed by atoms with Gasteiger partial charge in [-0.3, -0.25) is 4.79 Å². The van der Waals surface area contributed by atoms with Crippen LogP contribution in [0, 0.1) is 6.92 Å². The standard InChI is InChI=1S/C22H17ClN2O3/c1-14-4-2-3-5-19(14)27-13-21(26)24-17-10-11-20-18(12-17)25-22(28-20)15-6-8-16(23)9-7-15/h2-12H,13H2,1H3,(H,24,26). The predicted octanol–water partition coefficient (Wildman–Crippen LogP) is 5.47. The number of carbonyl (C=O) groups is 1. The average molecular weight is 393 g/mol. The van der Waals surface area contributed by atoms with E-state index in [9.17, 15) is 4.79 Å². The molecule has 0 fully saturated rings. The third-order valence-corrected chi connectivity index (χ3v) is 4.47. The predicted molar refractivity (Wildman–Crippen MR) is 110 cm³/mol. The van der Waals surface area contributed by atoms with Crippen molar-refractivity contribution < 1.29 is 13.9 Å². The van der Waals surface area contributed by atoms with Crippen molar-refractivity contribution in [2.45, 2.75) is 6.92 Å². The number of amides is 1. The average Bonchev–Trinajstić information content (AvgIpc) is 3.11. The molecular formula is C22H17ClN2O3. The Bertz CT molecular complexity index is 1140. The minimum absolute atomic E-state index is 0.0717. The normalized spacial score (nSPS) is 10.8. The second-order valence-electron chi connectivity index (χ2n) is 6.31. The molecular weight excluding hydrogens is 376 g/mol. The van der Waals surface area contributed by atoms with Crippen molar-refractivity contribution >= 4 is 34.3 Å². The first kappa shape index (κ1) is 18.1. The van der Waals surface area contributed by atoms with Gasteiger partial charge < -0.3 is 14.5 Å². The number of aryl methyl sites for hydroxylation is 1. The van der Waals surface area contributed by atoms with Crippen molar-refractivity contribution in [3.8, 4) is 17.2 Å². The molecule has 0 saturated heterocycles. The van der Waals surface area contributed by atoms with E-state index in [-0.39, 0.29) is 12.5 Å². The molecule has 140 valence electrons. The first-order valence-corrected chi connectivity index (χ1v) is 9.11. The lowest BCUT2D eigenvalue weighted by atomic mass is 10.2. The fourth-order valence-corrected chi connectivity index (χ4v) is 2.91. The molecule has 4 rings (SSSR count). The van der Waals surface area contributed by atoms with Gasteiger partial charge in [-0.15, -0.1) is 0 Å². The van der Waals surface area contributed by atoms with Gasteiger partial charge in [0.2, 0.25) is 5.89 Å². The lowest BCUT2D eigenvalue weighted by Gasteiger charge is -2.09. The van der Waals surface area contributed by atoms with Gasteiger partial charge in [-0.2, -0.15) is 0 Å². The number of carbonyl (C=O) groups excluding carboxylic acids is 1. The highest BCUT2D eigenvalue weighted by molar-refractivity contribution is 6.30. The summed E-state index contributed by atoms with van der Waals surface area (Å²) in [5, 5.41) is 3.47. The number of hydrogen-bond acceptors (Lipinski definition) is 4. The smallest absolute Gasteiger partial charge is 0.262 e. The van der Waals surface area contributed by atoms with Crippen LogP contribution in [0.25, 0.3) is 22.6 Å². The topological polar surface area (TPSA) is 64.4 Å². The van der Waals surface area contributed by atoms with Gasteiger partial charge in [-0.25, -0.2) is 4.98 Å². The number of nitrogens with zero attached hydrogens (tertiary/aromatic N) is 1. The molecule has 1 aromatic heterocycles. The van der Waals surface area contributed by atoms with E-state index in [1.54, 1.807) is 30.3 Å². The first-order chi connectivity index (χ1) is 13.6. The minimum Gasteiger partial charge on any atom is -0.483 e. The van der Waals surface area contributed by atoms with E-state index in [0.717, 1.165) is 11.1 Å². The van der Waals surface area contributed by atoms with Crippen molar-refractivity contribution in [1.82, 2.24) is 4.98 Å². The molecule has 0 atom stereocenters. The van der Waals surface area contributed by atoms with E-state index >= 15 is 0 Å². The fourth-order valence-electron chi connectivity index (χ4n) is 2.78. The molecule has 0 bridgehead atoms. The molecule has 5 nitrogen and oxygen atoms in total. The number of hydrogen-bond donors (Lipinski definition) is 1. The summed E-state index contributed by atoms with van der Waals surface area (Å²) in [4.78, 5) is 16.7. The number of oxazole rings is 1. The van der Waals surface area contributed by atoms with Gasteiger partial charge in [-0.05, 0) is 61.0 Å². The monoisotopic (exact) mass is 392 g/mol. The Morgan fingerprint density at radius 3 is 2.68 bits per heavy atom. The highest BCUT2D eigenvalue weighted by Gasteiger charge is 2.11. The Hall–Kier alpha value is -3.31. The maximum absolute atomic E-state index is 12.2. The number of rotatable bonds is 5. The van der Waals surface area contributed by atoms with E-state index in [1.165, 1.54) is 0 Å². The quantitative estimate of drug-likeness (QED) is 0.488. The summed E-state index contributed by atoms with van der Waals surface area (Å²) in [6.07, 6.45) is 0. The SMILES string of the molecule is Cc1ccccc1OCC(=O)Nc1ccc2oc(-c3ccc(Cl)cc3)nc2c1. The molecule has 0 radical (unpaired) electrons. The Kier molecular flexibility index (Phi) is 5.00. The number of aromatic nitrogens is 1. The van der Waals surface area contributed by atoms with Crippen molar-refractivity contribution in [3.05, 3.63) is 77.3 Å². The van der Waals surface area contributed by atoms with Crippen LogP contribution >= 0.6 is 11.6 Å². The molecule has 0 aliphatic rings. The number of fused-ring (bicyclic) bond motifs is 1. The molecule has 0 spiro atoms. The Morgan fingerprint density at radius 1 is 1.11 bits per heavy atom. The van der Waals surface area contributed by atoms with Crippen LogP contribution in [0.1, 0.15) is 5.56 Å². The molecule has 4 aromatic rings. The zero-order chi connectivity index (χ0) is 19.5. The van der Waals surface area contributed by atoms with E-state index in [1.807, 2.05) is 43.3 Å². The zero-order valence-electron chi connectivity index (χ0n) is 15.1. The highest BCUT2D eigenvalue weighted by Crippen LogP contribution is 2.27. The van der Waals surface area contributed by atoms with Crippen molar-refractivity contribution in [2.75, 3.05) is 11.9 Å². The Morgan fingerprint density at radius 2 is 1.89 bits per heavy atom. The third-order valence-electron chi connectivity index (χ3n) is 4.21. The number of ether oxygens (including phenoxy) is 1. The maximum Gasteiger partial charge on any atom is 0.262 e. The lowest BCUT2D eigenvalue weighted by Crippen LogP contribution is -2.20. The van der Waals surface area contributed by atoms with Crippen LogP contribution in [-0.4, -0.2) is 17.5 Å². The summed E-state index contributed by atoms with van der Waals surface area (Å²) in [5.74, 6) is 0.944. The molecule has 3 aromatic carbocycles. The second kappa shape index (κ2) is 7.74. The largest absolute Gasteiger partial charge is 0.483 e. The van der Waals surface area contributed by atoms with Crippen molar-refractivity contribution in [2.24, 2.45) is 0 Å². The fraction of sp³-hybridized carbons (Fsp3) is 0.0909. The zero-order valence-corrected chi connectivity index (χ0v) is 15.9. The van der Waals surface area contributed by atoms with Crippen LogP contribution in [0.3, 0.4) is 0 Å². The van der Waals surface area contributed by atoms with Gasteiger partial charge in [0.15, 0.2) is 12.2 Å². The van der Waals surface area contributed by atoms with E-state index in [0.29, 0.717) is 33.4 Å². The van der Waals surface area contributed by atoms with Gasteiger partial charge in [0.1, 0.15) is 11.3 Å². The summed E-state index contributed by atoms with van der Waals surface area (Å²) < 4.78 is 11.4. The molecule has 28 heavy (non-hydrogen) atoms. The molecule has 6 heteroatoms. The summed E-state index contributed by atoms with van der Waals surface area (Å²) >= 11 is 5.92.